The largest absolute Gasteiger partial charge is 0.493 e. The van der Waals surface area contributed by atoms with Crippen molar-refractivity contribution in [3.05, 3.63) is 87.2 Å². The predicted molar refractivity (Wildman–Crippen MR) is 141 cm³/mol. The van der Waals surface area contributed by atoms with Crippen LogP contribution in [0.1, 0.15) is 16.0 Å². The second-order valence-corrected chi connectivity index (χ2v) is 10.0. The first-order valence-corrected chi connectivity index (χ1v) is 12.5. The molecule has 12 heteroatoms. The molecule has 1 aliphatic rings. The molecule has 3 aromatic rings. The average molecular weight is 591 g/mol. The van der Waals surface area contributed by atoms with E-state index in [1.807, 2.05) is 0 Å². The average Bonchev–Trinajstić information content (AvgIpc) is 3.38. The van der Waals surface area contributed by atoms with Crippen molar-refractivity contribution in [2.45, 2.75) is 24.7 Å². The van der Waals surface area contributed by atoms with Crippen LogP contribution >= 0.6 is 11.3 Å². The zero-order valence-electron chi connectivity index (χ0n) is 21.9. The molecule has 1 aliphatic carbocycles. The van der Waals surface area contributed by atoms with Crippen molar-refractivity contribution < 1.29 is 40.6 Å². The number of thiophene rings is 1. The van der Waals surface area contributed by atoms with Gasteiger partial charge in [0.1, 0.15) is 0 Å². The number of methoxy groups -OCH3 is 3. The second kappa shape index (κ2) is 10.5. The minimum absolute atomic E-state index is 0.0244. The molecule has 0 saturated carbocycles. The molecule has 0 unspecified atom stereocenters. The highest BCUT2D eigenvalue weighted by Gasteiger charge is 2.80. The van der Waals surface area contributed by atoms with Gasteiger partial charge in [0.2, 0.25) is 5.75 Å². The molecule has 212 valence electrons. The van der Waals surface area contributed by atoms with Crippen LogP contribution in [-0.2, 0) is 0 Å². The normalized spacial score (nSPS) is 17.4. The minimum Gasteiger partial charge on any atom is -0.493 e. The van der Waals surface area contributed by atoms with Crippen LogP contribution in [0.25, 0.3) is 26.4 Å². The quantitative estimate of drug-likeness (QED) is 0.158. The lowest BCUT2D eigenvalue weighted by molar-refractivity contribution is -0.258. The van der Waals surface area contributed by atoms with E-state index >= 15 is 26.3 Å². The smallest absolute Gasteiger partial charge is 0.380 e. The van der Waals surface area contributed by atoms with Crippen LogP contribution in [0.15, 0.2) is 59.8 Å². The van der Waals surface area contributed by atoms with E-state index in [0.29, 0.717) is 10.4 Å². The summed E-state index contributed by atoms with van der Waals surface area (Å²) in [6, 6.07) is 12.9. The van der Waals surface area contributed by atoms with Crippen LogP contribution in [0.5, 0.6) is 17.2 Å². The van der Waals surface area contributed by atoms with Crippen molar-refractivity contribution in [3.8, 4) is 33.8 Å². The van der Waals surface area contributed by atoms with Crippen LogP contribution in [0.3, 0.4) is 0 Å². The standard InChI is InChI=1S/C29H20F6N2O3S/c1-15-18(13-22(41-15)16-9-7-6-8-10-16)24-25(28(32,33)29(34,35)27(24,30)31)23(19(14-36)37-2)17-11-20(38-3)26(40-5)21(12-17)39-4/h6-13H,1,3-5H3/b23-19-. The minimum atomic E-state index is -5.90. The summed E-state index contributed by atoms with van der Waals surface area (Å²) in [5.74, 6) is -17.1. The number of nitriles is 1. The Morgan fingerprint density at radius 1 is 0.902 bits per heavy atom. The lowest BCUT2D eigenvalue weighted by Gasteiger charge is -2.26. The van der Waals surface area contributed by atoms with Gasteiger partial charge < -0.3 is 14.2 Å². The summed E-state index contributed by atoms with van der Waals surface area (Å²) in [6.45, 7) is 8.79. The van der Waals surface area contributed by atoms with E-state index in [0.717, 1.165) is 29.5 Å². The number of ether oxygens (including phenoxy) is 3. The molecule has 0 spiro atoms. The highest BCUT2D eigenvalue weighted by Crippen LogP contribution is 2.66. The van der Waals surface area contributed by atoms with E-state index in [2.05, 4.69) is 4.85 Å². The molecule has 5 nitrogen and oxygen atoms in total. The third-order valence-corrected chi connectivity index (χ3v) is 7.67. The number of hydrogen-bond acceptors (Lipinski definition) is 5. The number of halogens is 6. The first-order chi connectivity index (χ1) is 19.3. The molecule has 41 heavy (non-hydrogen) atoms. The number of alkyl halides is 6. The summed E-state index contributed by atoms with van der Waals surface area (Å²) < 4.78 is 109. The van der Waals surface area contributed by atoms with Gasteiger partial charge in [-0.2, -0.15) is 26.3 Å². The summed E-state index contributed by atoms with van der Waals surface area (Å²) in [5, 5.41) is 9.72. The van der Waals surface area contributed by atoms with Crippen LogP contribution in [0.2, 0.25) is 0 Å². The fourth-order valence-electron chi connectivity index (χ4n) is 4.65. The maximum absolute atomic E-state index is 15.7. The molecule has 0 aliphatic heterocycles. The number of benzene rings is 2. The number of rotatable bonds is 7. The van der Waals surface area contributed by atoms with Crippen molar-refractivity contribution in [2.24, 2.45) is 0 Å². The Bertz CT molecular complexity index is 1620. The van der Waals surface area contributed by atoms with Crippen LogP contribution in [0, 0.1) is 24.8 Å². The summed E-state index contributed by atoms with van der Waals surface area (Å²) in [6.07, 6.45) is 0. The van der Waals surface area contributed by atoms with Gasteiger partial charge in [-0.15, -0.1) is 11.3 Å². The summed E-state index contributed by atoms with van der Waals surface area (Å²) in [5.41, 5.74) is -6.21. The Hall–Kier alpha value is -4.42. The van der Waals surface area contributed by atoms with Crippen molar-refractivity contribution in [3.63, 3.8) is 0 Å². The van der Waals surface area contributed by atoms with Gasteiger partial charge in [-0.3, -0.25) is 0 Å². The predicted octanol–water partition coefficient (Wildman–Crippen LogP) is 8.28. The van der Waals surface area contributed by atoms with E-state index < -0.39 is 51.3 Å². The fourth-order valence-corrected chi connectivity index (χ4v) is 5.68. The molecule has 0 fully saturated rings. The van der Waals surface area contributed by atoms with Crippen LogP contribution in [0.4, 0.5) is 26.3 Å². The number of hydrogen-bond donors (Lipinski definition) is 0. The molecule has 1 aromatic heterocycles. The molecule has 0 N–H and O–H groups in total. The number of nitrogens with zero attached hydrogens (tertiary/aromatic N) is 2. The molecule has 0 radical (unpaired) electrons. The zero-order chi connectivity index (χ0) is 30.3. The van der Waals surface area contributed by atoms with Crippen molar-refractivity contribution >= 4 is 22.5 Å². The molecule has 0 saturated heterocycles. The van der Waals surface area contributed by atoms with Gasteiger partial charge in [0, 0.05) is 26.5 Å². The van der Waals surface area contributed by atoms with Gasteiger partial charge in [0.25, 0.3) is 5.70 Å². The Morgan fingerprint density at radius 2 is 1.49 bits per heavy atom. The molecule has 0 atom stereocenters. The molecule has 1 heterocycles. The van der Waals surface area contributed by atoms with Gasteiger partial charge in [0.05, 0.1) is 34.0 Å². The Kier molecular flexibility index (Phi) is 7.59. The van der Waals surface area contributed by atoms with Gasteiger partial charge >= 0.3 is 17.8 Å². The SMILES string of the molecule is [C-]#[N+]/C(C#N)=C(\C1=C(c2cc(-c3ccccc3)sc2C)C(F)(F)C(F)(F)C1(F)F)c1cc(OC)c(OC)c(OC)c1. The highest BCUT2D eigenvalue weighted by molar-refractivity contribution is 7.15. The van der Waals surface area contributed by atoms with E-state index in [4.69, 9.17) is 20.8 Å². The van der Waals surface area contributed by atoms with Crippen molar-refractivity contribution in [1.29, 1.82) is 5.26 Å². The summed E-state index contributed by atoms with van der Waals surface area (Å²) >= 11 is 0.947. The van der Waals surface area contributed by atoms with E-state index in [9.17, 15) is 5.26 Å². The maximum atomic E-state index is 15.7. The second-order valence-electron chi connectivity index (χ2n) is 8.78. The van der Waals surface area contributed by atoms with E-state index in [1.54, 1.807) is 30.3 Å². The van der Waals surface area contributed by atoms with Crippen LogP contribution in [-0.4, -0.2) is 39.1 Å². The maximum Gasteiger partial charge on any atom is 0.380 e. The fraction of sp³-hybridized carbons (Fsp3) is 0.241. The Labute approximate surface area is 235 Å². The lowest BCUT2D eigenvalue weighted by atomic mass is 9.88. The van der Waals surface area contributed by atoms with Gasteiger partial charge in [-0.25, -0.2) is 10.1 Å². The topological polar surface area (TPSA) is 55.8 Å². The van der Waals surface area contributed by atoms with E-state index in [1.165, 1.54) is 34.3 Å². The molecular formula is C29H20F6N2O3S. The first kappa shape index (κ1) is 29.6. The van der Waals surface area contributed by atoms with Crippen LogP contribution < -0.4 is 14.2 Å². The first-order valence-electron chi connectivity index (χ1n) is 11.7. The summed E-state index contributed by atoms with van der Waals surface area (Å²) in [7, 11) is 3.61. The van der Waals surface area contributed by atoms with Crippen molar-refractivity contribution in [2.75, 3.05) is 21.3 Å². The third kappa shape index (κ3) is 4.39. The molecule has 0 amide bonds. The highest BCUT2D eigenvalue weighted by atomic mass is 32.1. The Morgan fingerprint density at radius 3 is 1.98 bits per heavy atom. The lowest BCUT2D eigenvalue weighted by Crippen LogP contribution is -2.49. The monoisotopic (exact) mass is 590 g/mol. The van der Waals surface area contributed by atoms with Crippen molar-refractivity contribution in [1.82, 2.24) is 0 Å². The van der Waals surface area contributed by atoms with Gasteiger partial charge in [-0.1, -0.05) is 30.3 Å². The third-order valence-electron chi connectivity index (χ3n) is 6.57. The molecule has 0 bridgehead atoms. The number of allylic oxidation sites excluding steroid dienone is 4. The van der Waals surface area contributed by atoms with Gasteiger partial charge in [0.15, 0.2) is 11.5 Å². The Balaban J connectivity index is 2.19. The van der Waals surface area contributed by atoms with E-state index in [-0.39, 0.29) is 22.1 Å². The summed E-state index contributed by atoms with van der Waals surface area (Å²) in [4.78, 5) is 3.36. The number of aryl methyl sites for hydroxylation is 1. The molecule has 2 aromatic carbocycles. The molecule has 4 rings (SSSR count). The van der Waals surface area contributed by atoms with Gasteiger partial charge in [-0.05, 0) is 41.8 Å². The molecular weight excluding hydrogens is 570 g/mol. The zero-order valence-corrected chi connectivity index (χ0v) is 22.7.